The van der Waals surface area contributed by atoms with Crippen LogP contribution < -0.4 is 0 Å². The fourth-order valence-electron chi connectivity index (χ4n) is 2.93. The van der Waals surface area contributed by atoms with Crippen LogP contribution in [0, 0.1) is 0 Å². The van der Waals surface area contributed by atoms with Crippen LogP contribution in [0.25, 0.3) is 11.1 Å². The van der Waals surface area contributed by atoms with Crippen LogP contribution in [0.1, 0.15) is 26.2 Å². The molecule has 0 bridgehead atoms. The number of rotatable bonds is 3. The SMILES string of the molecule is CC1CCCCN1S(=O)(=O)c1ccc(-c2ccncc2)cc1. The molecule has 1 saturated heterocycles. The van der Waals surface area contributed by atoms with E-state index in [1.807, 2.05) is 31.2 Å². The van der Waals surface area contributed by atoms with E-state index in [1.54, 1.807) is 28.8 Å². The Bertz CT molecular complexity index is 727. The number of hydrogen-bond acceptors (Lipinski definition) is 3. The molecule has 3 rings (SSSR count). The van der Waals surface area contributed by atoms with Crippen LogP contribution in [-0.2, 0) is 10.0 Å². The Morgan fingerprint density at radius 3 is 2.27 bits per heavy atom. The molecule has 1 atom stereocenters. The maximum Gasteiger partial charge on any atom is 0.243 e. The normalized spacial score (nSPS) is 20.0. The summed E-state index contributed by atoms with van der Waals surface area (Å²) in [5.41, 5.74) is 2.03. The Morgan fingerprint density at radius 1 is 1.00 bits per heavy atom. The standard InChI is InChI=1S/C17H20N2O2S/c1-14-4-2-3-13-19(14)22(20,21)17-7-5-15(6-8-17)16-9-11-18-12-10-16/h5-12,14H,2-4,13H2,1H3. The molecule has 116 valence electrons. The number of benzene rings is 1. The van der Waals surface area contributed by atoms with Crippen LogP contribution in [0.2, 0.25) is 0 Å². The zero-order valence-electron chi connectivity index (χ0n) is 12.6. The molecule has 5 heteroatoms. The van der Waals surface area contributed by atoms with Gasteiger partial charge < -0.3 is 0 Å². The minimum atomic E-state index is -3.39. The van der Waals surface area contributed by atoms with Crippen molar-refractivity contribution in [2.75, 3.05) is 6.54 Å². The van der Waals surface area contributed by atoms with Gasteiger partial charge in [-0.2, -0.15) is 4.31 Å². The molecule has 1 fully saturated rings. The summed E-state index contributed by atoms with van der Waals surface area (Å²) in [7, 11) is -3.39. The second-order valence-electron chi connectivity index (χ2n) is 5.72. The molecule has 2 heterocycles. The molecule has 2 aromatic rings. The van der Waals surface area contributed by atoms with Gasteiger partial charge in [0.25, 0.3) is 0 Å². The van der Waals surface area contributed by atoms with Crippen molar-refractivity contribution in [1.82, 2.24) is 9.29 Å². The summed E-state index contributed by atoms with van der Waals surface area (Å²) in [4.78, 5) is 4.37. The third-order valence-electron chi connectivity index (χ3n) is 4.22. The van der Waals surface area contributed by atoms with Crippen molar-refractivity contribution in [2.24, 2.45) is 0 Å². The molecule has 0 amide bonds. The van der Waals surface area contributed by atoms with Gasteiger partial charge in [-0.1, -0.05) is 18.6 Å². The average molecular weight is 316 g/mol. The number of hydrogen-bond donors (Lipinski definition) is 0. The minimum Gasteiger partial charge on any atom is -0.265 e. The zero-order valence-corrected chi connectivity index (χ0v) is 13.5. The first kappa shape index (κ1) is 15.2. The van der Waals surface area contributed by atoms with E-state index in [1.165, 1.54) is 0 Å². The number of sulfonamides is 1. The van der Waals surface area contributed by atoms with E-state index in [-0.39, 0.29) is 6.04 Å². The molecule has 1 aromatic heterocycles. The predicted molar refractivity (Wildman–Crippen MR) is 86.9 cm³/mol. The van der Waals surface area contributed by atoms with Gasteiger partial charge in [0.1, 0.15) is 0 Å². The quantitative estimate of drug-likeness (QED) is 0.873. The van der Waals surface area contributed by atoms with E-state index < -0.39 is 10.0 Å². The number of nitrogens with zero attached hydrogens (tertiary/aromatic N) is 2. The first-order valence-electron chi connectivity index (χ1n) is 7.61. The number of piperidine rings is 1. The van der Waals surface area contributed by atoms with E-state index in [0.29, 0.717) is 11.4 Å². The molecule has 1 aliphatic rings. The monoisotopic (exact) mass is 316 g/mol. The van der Waals surface area contributed by atoms with Gasteiger partial charge in [0.2, 0.25) is 10.0 Å². The maximum absolute atomic E-state index is 12.8. The summed E-state index contributed by atoms with van der Waals surface area (Å²) >= 11 is 0. The molecule has 1 aromatic carbocycles. The van der Waals surface area contributed by atoms with Crippen LogP contribution >= 0.6 is 0 Å². The highest BCUT2D eigenvalue weighted by Crippen LogP contribution is 2.27. The molecule has 0 aliphatic carbocycles. The van der Waals surface area contributed by atoms with Crippen molar-refractivity contribution in [2.45, 2.75) is 37.1 Å². The van der Waals surface area contributed by atoms with Gasteiger partial charge in [-0.3, -0.25) is 4.98 Å². The number of aromatic nitrogens is 1. The van der Waals surface area contributed by atoms with Crippen molar-refractivity contribution in [3.05, 3.63) is 48.8 Å². The first-order valence-corrected chi connectivity index (χ1v) is 9.05. The first-order chi connectivity index (χ1) is 10.6. The fraction of sp³-hybridized carbons (Fsp3) is 0.353. The maximum atomic E-state index is 12.8. The third-order valence-corrected chi connectivity index (χ3v) is 6.24. The average Bonchev–Trinajstić information content (AvgIpc) is 2.56. The molecule has 0 saturated carbocycles. The Balaban J connectivity index is 1.89. The molecular weight excluding hydrogens is 296 g/mol. The minimum absolute atomic E-state index is 0.0821. The summed E-state index contributed by atoms with van der Waals surface area (Å²) in [6, 6.07) is 11.0. The molecule has 4 nitrogen and oxygen atoms in total. The second kappa shape index (κ2) is 6.18. The van der Waals surface area contributed by atoms with Crippen LogP contribution in [0.3, 0.4) is 0 Å². The smallest absolute Gasteiger partial charge is 0.243 e. The van der Waals surface area contributed by atoms with E-state index in [4.69, 9.17) is 0 Å². The van der Waals surface area contributed by atoms with Gasteiger partial charge in [0.05, 0.1) is 4.90 Å². The van der Waals surface area contributed by atoms with Gasteiger partial charge in [-0.25, -0.2) is 8.42 Å². The third kappa shape index (κ3) is 2.91. The molecule has 1 unspecified atom stereocenters. The predicted octanol–water partition coefficient (Wildman–Crippen LogP) is 3.31. The highest BCUT2D eigenvalue weighted by molar-refractivity contribution is 7.89. The molecule has 0 radical (unpaired) electrons. The molecule has 0 spiro atoms. The lowest BCUT2D eigenvalue weighted by Gasteiger charge is -2.32. The van der Waals surface area contributed by atoms with Crippen molar-refractivity contribution >= 4 is 10.0 Å². The Hall–Kier alpha value is -1.72. The summed E-state index contributed by atoms with van der Waals surface area (Å²) in [5, 5.41) is 0. The van der Waals surface area contributed by atoms with Crippen molar-refractivity contribution in [3.63, 3.8) is 0 Å². The summed E-state index contributed by atoms with van der Waals surface area (Å²) in [6.07, 6.45) is 6.45. The van der Waals surface area contributed by atoms with Crippen molar-refractivity contribution in [1.29, 1.82) is 0 Å². The lowest BCUT2D eigenvalue weighted by molar-refractivity contribution is 0.268. The van der Waals surface area contributed by atoms with Crippen LogP contribution in [0.15, 0.2) is 53.7 Å². The van der Waals surface area contributed by atoms with Gasteiger partial charge in [0.15, 0.2) is 0 Å². The molecule has 1 aliphatic heterocycles. The van der Waals surface area contributed by atoms with Crippen LogP contribution in [0.5, 0.6) is 0 Å². The molecular formula is C17H20N2O2S. The summed E-state index contributed by atoms with van der Waals surface area (Å²) in [6.45, 7) is 2.61. The number of pyridine rings is 1. The van der Waals surface area contributed by atoms with Gasteiger partial charge in [0, 0.05) is 25.0 Å². The molecule has 0 N–H and O–H groups in total. The Kier molecular flexibility index (Phi) is 4.27. The zero-order chi connectivity index (χ0) is 15.6. The van der Waals surface area contributed by atoms with Gasteiger partial charge >= 0.3 is 0 Å². The second-order valence-corrected chi connectivity index (χ2v) is 7.61. The topological polar surface area (TPSA) is 50.3 Å². The van der Waals surface area contributed by atoms with E-state index in [0.717, 1.165) is 30.4 Å². The van der Waals surface area contributed by atoms with Crippen molar-refractivity contribution < 1.29 is 8.42 Å². The lowest BCUT2D eigenvalue weighted by atomic mass is 10.1. The van der Waals surface area contributed by atoms with E-state index >= 15 is 0 Å². The fourth-order valence-corrected chi connectivity index (χ4v) is 4.63. The molecule has 22 heavy (non-hydrogen) atoms. The summed E-state index contributed by atoms with van der Waals surface area (Å²) in [5.74, 6) is 0. The summed E-state index contributed by atoms with van der Waals surface area (Å²) < 4.78 is 27.2. The Labute approximate surface area is 131 Å². The van der Waals surface area contributed by atoms with E-state index in [2.05, 4.69) is 4.98 Å². The largest absolute Gasteiger partial charge is 0.265 e. The van der Waals surface area contributed by atoms with Crippen LogP contribution in [0.4, 0.5) is 0 Å². The highest BCUT2D eigenvalue weighted by atomic mass is 32.2. The highest BCUT2D eigenvalue weighted by Gasteiger charge is 2.30. The van der Waals surface area contributed by atoms with Gasteiger partial charge in [-0.15, -0.1) is 0 Å². The van der Waals surface area contributed by atoms with Crippen molar-refractivity contribution in [3.8, 4) is 11.1 Å². The van der Waals surface area contributed by atoms with Gasteiger partial charge in [-0.05, 0) is 55.2 Å². The Morgan fingerprint density at radius 2 is 1.64 bits per heavy atom. The van der Waals surface area contributed by atoms with Crippen LogP contribution in [-0.4, -0.2) is 30.3 Å². The van der Waals surface area contributed by atoms with E-state index in [9.17, 15) is 8.42 Å². The lowest BCUT2D eigenvalue weighted by Crippen LogP contribution is -2.41.